The van der Waals surface area contributed by atoms with Crippen LogP contribution in [0.5, 0.6) is 0 Å². The lowest BCUT2D eigenvalue weighted by atomic mass is 9.98. The van der Waals surface area contributed by atoms with E-state index in [-0.39, 0.29) is 24.4 Å². The molecular weight excluding hydrogens is 372 g/mol. The largest absolute Gasteiger partial charge is 0.379 e. The van der Waals surface area contributed by atoms with Crippen LogP contribution in [0.2, 0.25) is 0 Å². The lowest BCUT2D eigenvalue weighted by Gasteiger charge is -2.38. The molecule has 0 bridgehead atoms. The van der Waals surface area contributed by atoms with E-state index < -0.39 is 0 Å². The van der Waals surface area contributed by atoms with Gasteiger partial charge >= 0.3 is 0 Å². The van der Waals surface area contributed by atoms with Gasteiger partial charge in [-0.2, -0.15) is 0 Å². The van der Waals surface area contributed by atoms with E-state index in [0.717, 1.165) is 45.1 Å². The second kappa shape index (κ2) is 7.60. The van der Waals surface area contributed by atoms with Crippen molar-refractivity contribution in [2.45, 2.75) is 45.2 Å². The number of carbonyl (C=O) groups excluding carboxylic acids is 1. The van der Waals surface area contributed by atoms with Crippen molar-refractivity contribution in [2.24, 2.45) is 0 Å². The number of hydrogen-bond acceptors (Lipinski definition) is 6. The number of carbonyl (C=O) groups is 1. The monoisotopic (exact) mass is 394 g/mol. The summed E-state index contributed by atoms with van der Waals surface area (Å²) in [7, 11) is 0. The number of piperidine rings is 1. The molecule has 28 heavy (non-hydrogen) atoms. The fraction of sp³-hybridized carbons (Fsp3) is 0.400. The maximum atomic E-state index is 12.4. The summed E-state index contributed by atoms with van der Waals surface area (Å²) in [6.07, 6.45) is 11.1. The lowest BCUT2D eigenvalue weighted by Crippen LogP contribution is -2.49. The number of pyridine rings is 1. The van der Waals surface area contributed by atoms with Crippen molar-refractivity contribution in [3.8, 4) is 22.9 Å². The maximum Gasteiger partial charge on any atom is 0.234 e. The van der Waals surface area contributed by atoms with E-state index in [1.54, 1.807) is 11.3 Å². The number of hydrogen-bond donors (Lipinski definition) is 2. The molecule has 3 aromatic rings. The van der Waals surface area contributed by atoms with Crippen molar-refractivity contribution < 1.29 is 4.79 Å². The third kappa shape index (κ3) is 3.45. The van der Waals surface area contributed by atoms with Gasteiger partial charge in [0, 0.05) is 36.4 Å². The number of nitrogens with zero attached hydrogens (tertiary/aromatic N) is 4. The van der Waals surface area contributed by atoms with Gasteiger partial charge in [-0.25, -0.2) is 4.98 Å². The van der Waals surface area contributed by atoms with Crippen LogP contribution in [0.4, 0.5) is 5.69 Å². The highest BCUT2D eigenvalue weighted by molar-refractivity contribution is 7.14. The maximum absolute atomic E-state index is 12.4. The Balaban J connectivity index is 1.66. The minimum absolute atomic E-state index is 0.0167. The number of amides is 1. The summed E-state index contributed by atoms with van der Waals surface area (Å²) in [6, 6.07) is 2.34. The number of anilines is 1. The van der Waals surface area contributed by atoms with E-state index in [1.807, 2.05) is 30.3 Å². The number of H-pyrrole nitrogens is 1. The molecule has 8 heteroatoms. The average Bonchev–Trinajstić information content (AvgIpc) is 3.32. The predicted octanol–water partition coefficient (Wildman–Crippen LogP) is 3.20. The molecule has 0 unspecified atom stereocenters. The van der Waals surface area contributed by atoms with Crippen LogP contribution < -0.4 is 5.32 Å². The van der Waals surface area contributed by atoms with Crippen molar-refractivity contribution in [1.82, 2.24) is 25.1 Å². The number of aromatic nitrogens is 4. The van der Waals surface area contributed by atoms with Gasteiger partial charge in [0.05, 0.1) is 17.7 Å². The second-order valence-corrected chi connectivity index (χ2v) is 8.29. The molecule has 0 spiro atoms. The highest BCUT2D eigenvalue weighted by atomic mass is 32.1. The van der Waals surface area contributed by atoms with Gasteiger partial charge in [0.2, 0.25) is 5.91 Å². The van der Waals surface area contributed by atoms with Crippen LogP contribution >= 0.6 is 11.3 Å². The van der Waals surface area contributed by atoms with E-state index in [9.17, 15) is 4.79 Å². The van der Waals surface area contributed by atoms with Gasteiger partial charge in [0.25, 0.3) is 0 Å². The average molecular weight is 395 g/mol. The zero-order valence-corrected chi connectivity index (χ0v) is 16.7. The molecule has 2 N–H and O–H groups in total. The molecule has 0 aromatic carbocycles. The molecule has 1 aliphatic heterocycles. The molecule has 0 aliphatic carbocycles. The number of aromatic amines is 1. The molecule has 144 valence electrons. The van der Waals surface area contributed by atoms with Crippen LogP contribution in [0.3, 0.4) is 0 Å². The summed E-state index contributed by atoms with van der Waals surface area (Å²) in [5, 5.41) is 14.9. The van der Waals surface area contributed by atoms with Crippen molar-refractivity contribution >= 4 is 34.0 Å². The van der Waals surface area contributed by atoms with Crippen LogP contribution in [-0.2, 0) is 4.79 Å². The summed E-state index contributed by atoms with van der Waals surface area (Å²) < 4.78 is 0. The fourth-order valence-electron chi connectivity index (χ4n) is 3.70. The quantitative estimate of drug-likeness (QED) is 0.664. The lowest BCUT2D eigenvalue weighted by molar-refractivity contribution is -0.133. The summed E-state index contributed by atoms with van der Waals surface area (Å²) in [5.74, 6) is 2.48. The molecule has 1 saturated heterocycles. The third-order valence-corrected chi connectivity index (χ3v) is 6.02. The Morgan fingerprint density at radius 3 is 3.07 bits per heavy atom. The van der Waals surface area contributed by atoms with E-state index in [4.69, 9.17) is 6.42 Å². The Hall–Kier alpha value is -2.92. The first kappa shape index (κ1) is 18.4. The molecule has 4 rings (SSSR count). The first-order valence-electron chi connectivity index (χ1n) is 9.33. The minimum Gasteiger partial charge on any atom is -0.379 e. The summed E-state index contributed by atoms with van der Waals surface area (Å²) in [4.78, 5) is 22.0. The Kier molecular flexibility index (Phi) is 5.01. The zero-order chi connectivity index (χ0) is 19.7. The number of aryl methyl sites for hydroxylation is 1. The topological polar surface area (TPSA) is 86.8 Å². The summed E-state index contributed by atoms with van der Waals surface area (Å²) in [5.41, 5.74) is 2.72. The first-order chi connectivity index (χ1) is 13.6. The number of fused-ring (bicyclic) bond motifs is 1. The summed E-state index contributed by atoms with van der Waals surface area (Å²) >= 11 is 1.54. The van der Waals surface area contributed by atoms with Crippen molar-refractivity contribution in [1.29, 1.82) is 0 Å². The van der Waals surface area contributed by atoms with Crippen LogP contribution in [-0.4, -0.2) is 49.6 Å². The van der Waals surface area contributed by atoms with Gasteiger partial charge in [-0.1, -0.05) is 17.3 Å². The van der Waals surface area contributed by atoms with Gasteiger partial charge in [-0.3, -0.25) is 4.79 Å². The van der Waals surface area contributed by atoms with Gasteiger partial charge in [-0.05, 0) is 32.8 Å². The Morgan fingerprint density at radius 1 is 1.46 bits per heavy atom. The molecule has 4 heterocycles. The van der Waals surface area contributed by atoms with E-state index in [0.29, 0.717) is 6.54 Å². The zero-order valence-electron chi connectivity index (χ0n) is 15.9. The number of nitrogens with one attached hydrogen (secondary N) is 2. The molecule has 0 saturated carbocycles. The van der Waals surface area contributed by atoms with E-state index in [1.165, 1.54) is 0 Å². The van der Waals surface area contributed by atoms with E-state index >= 15 is 0 Å². The normalized spacial score (nSPS) is 19.5. The molecule has 3 aromatic heterocycles. The van der Waals surface area contributed by atoms with Crippen LogP contribution in [0, 0.1) is 19.3 Å². The van der Waals surface area contributed by atoms with Gasteiger partial charge < -0.3 is 15.2 Å². The molecule has 1 aliphatic rings. The van der Waals surface area contributed by atoms with Gasteiger partial charge in [0.15, 0.2) is 5.01 Å². The molecule has 0 radical (unpaired) electrons. The summed E-state index contributed by atoms with van der Waals surface area (Å²) in [6.45, 7) is 4.65. The SMILES string of the molecule is C#CCC(=O)N1C[C@H](Nc2c(-c3nnc(C)s3)cnc3[nH]ccc23)CC[C@@H]1C. The highest BCUT2D eigenvalue weighted by Gasteiger charge is 2.29. The second-order valence-electron chi connectivity index (χ2n) is 7.11. The molecule has 1 fully saturated rings. The smallest absolute Gasteiger partial charge is 0.234 e. The standard InChI is InChI=1S/C20H22N6OS/c1-4-5-17(27)26-11-14(7-6-12(26)2)23-18-15-8-9-21-19(15)22-10-16(18)20-25-24-13(3)28-20/h1,8-10,12,14H,5-7,11H2,2-3H3,(H2,21,22,23)/t12-,14+/m0/s1. The molecule has 1 amide bonds. The van der Waals surface area contributed by atoms with Crippen molar-refractivity contribution in [3.63, 3.8) is 0 Å². The van der Waals surface area contributed by atoms with Crippen molar-refractivity contribution in [2.75, 3.05) is 11.9 Å². The Bertz CT molecular complexity index is 1050. The minimum atomic E-state index is 0.0167. The molecule has 7 nitrogen and oxygen atoms in total. The third-order valence-electron chi connectivity index (χ3n) is 5.15. The Labute approximate surface area is 167 Å². The van der Waals surface area contributed by atoms with Crippen LogP contribution in [0.15, 0.2) is 18.5 Å². The van der Waals surface area contributed by atoms with Gasteiger partial charge in [0.1, 0.15) is 10.7 Å². The van der Waals surface area contributed by atoms with E-state index in [2.05, 4.69) is 38.3 Å². The molecule has 2 atom stereocenters. The first-order valence-corrected chi connectivity index (χ1v) is 10.1. The van der Waals surface area contributed by atoms with Gasteiger partial charge in [-0.15, -0.1) is 16.6 Å². The highest BCUT2D eigenvalue weighted by Crippen LogP contribution is 2.36. The van der Waals surface area contributed by atoms with Crippen LogP contribution in [0.25, 0.3) is 21.6 Å². The molecular formula is C20H22N6OS. The Morgan fingerprint density at radius 2 is 2.32 bits per heavy atom. The van der Waals surface area contributed by atoms with Crippen molar-refractivity contribution in [3.05, 3.63) is 23.5 Å². The fourth-order valence-corrected chi connectivity index (χ4v) is 4.40. The predicted molar refractivity (Wildman–Crippen MR) is 111 cm³/mol. The number of rotatable bonds is 4. The van der Waals surface area contributed by atoms with Crippen LogP contribution in [0.1, 0.15) is 31.2 Å². The number of terminal acetylenes is 1. The number of likely N-dealkylation sites (tertiary alicyclic amines) is 1.